The molecular formula is C15H22N2O2. The maximum absolute atomic E-state index is 9.48. The highest BCUT2D eigenvalue weighted by atomic mass is 16.5. The van der Waals surface area contributed by atoms with Crippen molar-refractivity contribution in [2.24, 2.45) is 0 Å². The summed E-state index contributed by atoms with van der Waals surface area (Å²) in [7, 11) is 1.80. The van der Waals surface area contributed by atoms with E-state index >= 15 is 0 Å². The lowest BCUT2D eigenvalue weighted by atomic mass is 9.88. The van der Waals surface area contributed by atoms with Crippen LogP contribution in [0.25, 0.3) is 0 Å². The third kappa shape index (κ3) is 4.64. The Labute approximate surface area is 115 Å². The Morgan fingerprint density at radius 2 is 1.84 bits per heavy atom. The minimum atomic E-state index is -0.688. The van der Waals surface area contributed by atoms with E-state index in [1.807, 2.05) is 37.3 Å². The first kappa shape index (κ1) is 15.6. The smallest absolute Gasteiger partial charge is 0.134 e. The zero-order valence-corrected chi connectivity index (χ0v) is 11.7. The molecular weight excluding hydrogens is 240 g/mol. The first-order valence-corrected chi connectivity index (χ1v) is 6.60. The van der Waals surface area contributed by atoms with Gasteiger partial charge in [0.1, 0.15) is 5.54 Å². The van der Waals surface area contributed by atoms with Crippen LogP contribution in [0.2, 0.25) is 0 Å². The van der Waals surface area contributed by atoms with Crippen molar-refractivity contribution in [2.75, 3.05) is 33.5 Å². The van der Waals surface area contributed by atoms with Gasteiger partial charge in [-0.2, -0.15) is 5.26 Å². The number of ether oxygens (including phenoxy) is 2. The summed E-state index contributed by atoms with van der Waals surface area (Å²) in [5, 5.41) is 12.6. The third-order valence-electron chi connectivity index (χ3n) is 3.08. The van der Waals surface area contributed by atoms with Gasteiger partial charge in [0.25, 0.3) is 0 Å². The number of nitriles is 1. The van der Waals surface area contributed by atoms with Crippen LogP contribution in [0.4, 0.5) is 0 Å². The summed E-state index contributed by atoms with van der Waals surface area (Å²) in [5.74, 6) is 0. The Bertz CT molecular complexity index is 389. The van der Waals surface area contributed by atoms with Gasteiger partial charge in [0.05, 0.1) is 19.3 Å². The van der Waals surface area contributed by atoms with Crippen molar-refractivity contribution in [3.05, 3.63) is 35.9 Å². The quantitative estimate of drug-likeness (QED) is 0.692. The van der Waals surface area contributed by atoms with E-state index in [1.165, 1.54) is 0 Å². The van der Waals surface area contributed by atoms with Gasteiger partial charge in [-0.15, -0.1) is 0 Å². The fourth-order valence-electron chi connectivity index (χ4n) is 1.90. The minimum absolute atomic E-state index is 0.524. The lowest BCUT2D eigenvalue weighted by molar-refractivity contribution is 0.0464. The fraction of sp³-hybridized carbons (Fsp3) is 0.533. The third-order valence-corrected chi connectivity index (χ3v) is 3.08. The molecule has 1 N–H and O–H groups in total. The summed E-state index contributed by atoms with van der Waals surface area (Å²) < 4.78 is 10.7. The topological polar surface area (TPSA) is 54.3 Å². The number of hydrogen-bond donors (Lipinski definition) is 1. The molecule has 1 aromatic rings. The van der Waals surface area contributed by atoms with Crippen LogP contribution < -0.4 is 5.32 Å². The van der Waals surface area contributed by atoms with E-state index in [2.05, 4.69) is 11.4 Å². The second-order valence-corrected chi connectivity index (χ2v) is 4.19. The van der Waals surface area contributed by atoms with E-state index < -0.39 is 5.54 Å². The minimum Gasteiger partial charge on any atom is -0.379 e. The zero-order valence-electron chi connectivity index (χ0n) is 11.7. The summed E-state index contributed by atoms with van der Waals surface area (Å²) in [6.45, 7) is 4.34. The molecule has 4 heteroatoms. The molecule has 0 bridgehead atoms. The average molecular weight is 262 g/mol. The van der Waals surface area contributed by atoms with E-state index in [1.54, 1.807) is 7.05 Å². The molecule has 1 unspecified atom stereocenters. The lowest BCUT2D eigenvalue weighted by Crippen LogP contribution is -2.39. The molecule has 0 aliphatic carbocycles. The number of nitrogens with zero attached hydrogens (tertiary/aromatic N) is 1. The number of benzene rings is 1. The molecule has 0 aliphatic rings. The van der Waals surface area contributed by atoms with Crippen LogP contribution in [0.1, 0.15) is 18.9 Å². The van der Waals surface area contributed by atoms with E-state index in [0.717, 1.165) is 5.56 Å². The average Bonchev–Trinajstić information content (AvgIpc) is 2.48. The van der Waals surface area contributed by atoms with Crippen molar-refractivity contribution in [3.63, 3.8) is 0 Å². The Morgan fingerprint density at radius 3 is 2.42 bits per heavy atom. The molecule has 0 radical (unpaired) electrons. The summed E-state index contributed by atoms with van der Waals surface area (Å²) in [6.07, 6.45) is 0.607. The highest BCUT2D eigenvalue weighted by Crippen LogP contribution is 2.23. The highest BCUT2D eigenvalue weighted by molar-refractivity contribution is 5.31. The van der Waals surface area contributed by atoms with Crippen molar-refractivity contribution < 1.29 is 9.47 Å². The number of hydrogen-bond acceptors (Lipinski definition) is 4. The van der Waals surface area contributed by atoms with Crippen LogP contribution in [0.5, 0.6) is 0 Å². The summed E-state index contributed by atoms with van der Waals surface area (Å²) in [5.41, 5.74) is 0.278. The van der Waals surface area contributed by atoms with Crippen LogP contribution in [-0.2, 0) is 15.0 Å². The maximum Gasteiger partial charge on any atom is 0.134 e. The van der Waals surface area contributed by atoms with Gasteiger partial charge < -0.3 is 9.47 Å². The molecule has 0 spiro atoms. The molecule has 0 fully saturated rings. The summed E-state index contributed by atoms with van der Waals surface area (Å²) >= 11 is 0. The van der Waals surface area contributed by atoms with Gasteiger partial charge in [0.15, 0.2) is 0 Å². The van der Waals surface area contributed by atoms with Gasteiger partial charge in [0.2, 0.25) is 0 Å². The van der Waals surface area contributed by atoms with Crippen LogP contribution in [0.3, 0.4) is 0 Å². The highest BCUT2D eigenvalue weighted by Gasteiger charge is 2.29. The Hall–Kier alpha value is -1.41. The molecule has 0 saturated carbocycles. The zero-order chi connectivity index (χ0) is 14.0. The largest absolute Gasteiger partial charge is 0.379 e. The molecule has 0 saturated heterocycles. The monoisotopic (exact) mass is 262 g/mol. The molecule has 0 amide bonds. The standard InChI is InChI=1S/C15H22N2O2/c1-3-18-11-12-19-10-9-15(13-16,17-2)14-7-5-4-6-8-14/h4-8,17H,3,9-12H2,1-2H3. The Kier molecular flexibility index (Phi) is 7.12. The van der Waals surface area contributed by atoms with Crippen LogP contribution in [-0.4, -0.2) is 33.5 Å². The molecule has 0 aliphatic heterocycles. The van der Waals surface area contributed by atoms with Gasteiger partial charge in [-0.25, -0.2) is 0 Å². The van der Waals surface area contributed by atoms with Crippen LogP contribution in [0.15, 0.2) is 30.3 Å². The number of rotatable bonds is 9. The Morgan fingerprint density at radius 1 is 1.16 bits per heavy atom. The molecule has 1 rings (SSSR count). The van der Waals surface area contributed by atoms with Gasteiger partial charge >= 0.3 is 0 Å². The van der Waals surface area contributed by atoms with E-state index in [9.17, 15) is 5.26 Å². The van der Waals surface area contributed by atoms with E-state index in [0.29, 0.717) is 32.8 Å². The molecule has 0 aromatic heterocycles. The normalized spacial score (nSPS) is 13.7. The fourth-order valence-corrected chi connectivity index (χ4v) is 1.90. The van der Waals surface area contributed by atoms with E-state index in [-0.39, 0.29) is 0 Å². The van der Waals surface area contributed by atoms with Gasteiger partial charge in [0, 0.05) is 19.6 Å². The summed E-state index contributed by atoms with van der Waals surface area (Å²) in [4.78, 5) is 0. The summed E-state index contributed by atoms with van der Waals surface area (Å²) in [6, 6.07) is 12.1. The second-order valence-electron chi connectivity index (χ2n) is 4.19. The SMILES string of the molecule is CCOCCOCCC(C#N)(NC)c1ccccc1. The van der Waals surface area contributed by atoms with E-state index in [4.69, 9.17) is 9.47 Å². The second kappa shape index (κ2) is 8.65. The van der Waals surface area contributed by atoms with Gasteiger partial charge in [-0.05, 0) is 19.5 Å². The first-order chi connectivity index (χ1) is 9.29. The van der Waals surface area contributed by atoms with Gasteiger partial charge in [-0.1, -0.05) is 30.3 Å². The Balaban J connectivity index is 2.52. The van der Waals surface area contributed by atoms with Crippen molar-refractivity contribution in [1.29, 1.82) is 5.26 Å². The van der Waals surface area contributed by atoms with Crippen molar-refractivity contribution >= 4 is 0 Å². The van der Waals surface area contributed by atoms with Crippen LogP contribution >= 0.6 is 0 Å². The molecule has 4 nitrogen and oxygen atoms in total. The van der Waals surface area contributed by atoms with Crippen molar-refractivity contribution in [3.8, 4) is 6.07 Å². The molecule has 1 aromatic carbocycles. The molecule has 104 valence electrons. The molecule has 1 atom stereocenters. The predicted octanol–water partition coefficient (Wildman–Crippen LogP) is 2.07. The lowest BCUT2D eigenvalue weighted by Gasteiger charge is -2.26. The molecule has 19 heavy (non-hydrogen) atoms. The van der Waals surface area contributed by atoms with Gasteiger partial charge in [-0.3, -0.25) is 5.32 Å². The number of nitrogens with one attached hydrogen (secondary N) is 1. The predicted molar refractivity (Wildman–Crippen MR) is 74.7 cm³/mol. The molecule has 0 heterocycles. The first-order valence-electron chi connectivity index (χ1n) is 6.60. The van der Waals surface area contributed by atoms with Crippen LogP contribution in [0, 0.1) is 11.3 Å². The van der Waals surface area contributed by atoms with Crippen molar-refractivity contribution in [1.82, 2.24) is 5.32 Å². The maximum atomic E-state index is 9.48. The van der Waals surface area contributed by atoms with Crippen molar-refractivity contribution in [2.45, 2.75) is 18.9 Å².